The summed E-state index contributed by atoms with van der Waals surface area (Å²) in [6.07, 6.45) is 0.956. The molecule has 1 aromatic carbocycles. The highest BCUT2D eigenvalue weighted by Crippen LogP contribution is 2.35. The van der Waals surface area contributed by atoms with Gasteiger partial charge in [0.05, 0.1) is 10.9 Å². The number of ether oxygens (including phenoxy) is 2. The van der Waals surface area contributed by atoms with Crippen LogP contribution in [0.3, 0.4) is 0 Å². The first-order valence-corrected chi connectivity index (χ1v) is 12.9. The lowest BCUT2D eigenvalue weighted by Crippen LogP contribution is -2.48. The zero-order valence-corrected chi connectivity index (χ0v) is 19.4. The van der Waals surface area contributed by atoms with Crippen LogP contribution in [-0.4, -0.2) is 56.6 Å². The minimum Gasteiger partial charge on any atom is -0.454 e. The van der Waals surface area contributed by atoms with Gasteiger partial charge in [-0.25, -0.2) is 13.8 Å². The van der Waals surface area contributed by atoms with E-state index in [2.05, 4.69) is 22.7 Å². The molecule has 2 atom stereocenters. The Hall–Kier alpha value is -1.69. The average molecular weight is 465 g/mol. The minimum atomic E-state index is -3.49. The topological polar surface area (TPSA) is 83.1 Å². The Labute approximate surface area is 187 Å². The molecule has 4 heterocycles. The number of hydrogen-bond acceptors (Lipinski definition) is 8. The summed E-state index contributed by atoms with van der Waals surface area (Å²) in [5, 5.41) is 0. The van der Waals surface area contributed by atoms with Crippen LogP contribution in [0.5, 0.6) is 11.5 Å². The summed E-state index contributed by atoms with van der Waals surface area (Å²) < 4.78 is 39.1. The number of fused-ring (bicyclic) bond motifs is 1. The van der Waals surface area contributed by atoms with Crippen molar-refractivity contribution in [2.45, 2.75) is 43.8 Å². The van der Waals surface area contributed by atoms with Crippen molar-refractivity contribution in [1.29, 1.82) is 0 Å². The maximum atomic E-state index is 13.3. The Morgan fingerprint density at radius 2 is 1.87 bits per heavy atom. The zero-order chi connectivity index (χ0) is 21.6. The van der Waals surface area contributed by atoms with Crippen molar-refractivity contribution in [3.05, 3.63) is 39.6 Å². The number of benzene rings is 1. The molecule has 2 saturated heterocycles. The van der Waals surface area contributed by atoms with Gasteiger partial charge in [0.15, 0.2) is 11.5 Å². The summed E-state index contributed by atoms with van der Waals surface area (Å²) >= 11 is 1.58. The molecule has 5 rings (SSSR count). The van der Waals surface area contributed by atoms with Gasteiger partial charge in [0.25, 0.3) is 0 Å². The van der Waals surface area contributed by atoms with Crippen molar-refractivity contribution in [2.24, 2.45) is 0 Å². The van der Waals surface area contributed by atoms with E-state index < -0.39 is 10.0 Å². The highest BCUT2D eigenvalue weighted by Gasteiger charge is 2.33. The standard InChI is InChI=1S/C21H28N4O4S2/c1-14-9-17(23-22-14)20-11-21(15(2)30-20)31(26,27)25-7-5-24(6-8-25)12-16-3-4-18-19(10-16)29-13-28-18/h3-4,10-11,14,17,22-23H,5-9,12-13H2,1-2H3. The number of nitrogens with zero attached hydrogens (tertiary/aromatic N) is 2. The summed E-state index contributed by atoms with van der Waals surface area (Å²) in [6.45, 7) is 7.47. The molecule has 0 aliphatic carbocycles. The third-order valence-electron chi connectivity index (χ3n) is 6.12. The van der Waals surface area contributed by atoms with E-state index in [1.807, 2.05) is 31.2 Å². The lowest BCUT2D eigenvalue weighted by molar-refractivity contribution is 0.173. The van der Waals surface area contributed by atoms with Gasteiger partial charge in [0.2, 0.25) is 16.8 Å². The van der Waals surface area contributed by atoms with Crippen LogP contribution in [0.4, 0.5) is 0 Å². The van der Waals surface area contributed by atoms with Crippen molar-refractivity contribution in [3.63, 3.8) is 0 Å². The molecule has 0 radical (unpaired) electrons. The van der Waals surface area contributed by atoms with Crippen LogP contribution in [-0.2, 0) is 16.6 Å². The fraction of sp³-hybridized carbons (Fsp3) is 0.524. The van der Waals surface area contributed by atoms with E-state index in [9.17, 15) is 8.42 Å². The molecule has 1 aromatic heterocycles. The van der Waals surface area contributed by atoms with E-state index in [0.717, 1.165) is 39.8 Å². The second-order valence-corrected chi connectivity index (χ2v) is 11.6. The van der Waals surface area contributed by atoms with E-state index in [4.69, 9.17) is 9.47 Å². The first-order valence-electron chi connectivity index (χ1n) is 10.6. The fourth-order valence-corrected chi connectivity index (χ4v) is 7.45. The smallest absolute Gasteiger partial charge is 0.244 e. The number of rotatable bonds is 5. The van der Waals surface area contributed by atoms with Crippen molar-refractivity contribution < 1.29 is 17.9 Å². The van der Waals surface area contributed by atoms with Crippen LogP contribution in [0.2, 0.25) is 0 Å². The molecule has 31 heavy (non-hydrogen) atoms. The number of hydrazine groups is 1. The lowest BCUT2D eigenvalue weighted by Gasteiger charge is -2.34. The molecule has 2 aromatic rings. The zero-order valence-electron chi connectivity index (χ0n) is 17.8. The largest absolute Gasteiger partial charge is 0.454 e. The quantitative estimate of drug-likeness (QED) is 0.702. The second kappa shape index (κ2) is 8.34. The number of aryl methyl sites for hydroxylation is 1. The summed E-state index contributed by atoms with van der Waals surface area (Å²) in [5.74, 6) is 1.56. The normalized spacial score (nSPS) is 24.7. The van der Waals surface area contributed by atoms with E-state index in [1.165, 1.54) is 0 Å². The molecule has 3 aliphatic heterocycles. The summed E-state index contributed by atoms with van der Waals surface area (Å²) in [5.41, 5.74) is 7.63. The number of nitrogens with one attached hydrogen (secondary N) is 2. The molecule has 0 bridgehead atoms. The van der Waals surface area contributed by atoms with Gasteiger partial charge in [-0.1, -0.05) is 6.07 Å². The van der Waals surface area contributed by atoms with Gasteiger partial charge in [0.1, 0.15) is 0 Å². The molecular weight excluding hydrogens is 436 g/mol. The second-order valence-electron chi connectivity index (χ2n) is 8.42. The molecule has 168 valence electrons. The molecule has 2 N–H and O–H groups in total. The molecule has 2 unspecified atom stereocenters. The molecule has 0 spiro atoms. The first kappa shape index (κ1) is 21.2. The molecular formula is C21H28N4O4S2. The molecule has 0 amide bonds. The maximum Gasteiger partial charge on any atom is 0.244 e. The summed E-state index contributed by atoms with van der Waals surface area (Å²) in [4.78, 5) is 4.68. The fourth-order valence-electron chi connectivity index (χ4n) is 4.38. The molecule has 3 aliphatic rings. The van der Waals surface area contributed by atoms with Crippen LogP contribution in [0, 0.1) is 6.92 Å². The Morgan fingerprint density at radius 3 is 2.61 bits per heavy atom. The third-order valence-corrected chi connectivity index (χ3v) is 9.44. The van der Waals surface area contributed by atoms with Crippen LogP contribution in [0.1, 0.15) is 34.7 Å². The van der Waals surface area contributed by atoms with Gasteiger partial charge < -0.3 is 9.47 Å². The van der Waals surface area contributed by atoms with Crippen LogP contribution < -0.4 is 20.3 Å². The molecule has 8 nitrogen and oxygen atoms in total. The van der Waals surface area contributed by atoms with E-state index in [-0.39, 0.29) is 12.8 Å². The average Bonchev–Trinajstić information content (AvgIpc) is 3.47. The highest BCUT2D eigenvalue weighted by atomic mass is 32.2. The highest BCUT2D eigenvalue weighted by molar-refractivity contribution is 7.89. The van der Waals surface area contributed by atoms with Crippen molar-refractivity contribution in [1.82, 2.24) is 20.1 Å². The van der Waals surface area contributed by atoms with Crippen LogP contribution in [0.25, 0.3) is 0 Å². The Kier molecular flexibility index (Phi) is 5.70. The van der Waals surface area contributed by atoms with Gasteiger partial charge in [-0.05, 0) is 44.0 Å². The van der Waals surface area contributed by atoms with Crippen molar-refractivity contribution in [3.8, 4) is 11.5 Å². The SMILES string of the molecule is Cc1sc(C2CC(C)NN2)cc1S(=O)(=O)N1CCN(Cc2ccc3c(c2)OCO3)CC1. The van der Waals surface area contributed by atoms with Gasteiger partial charge in [-0.15, -0.1) is 11.3 Å². The van der Waals surface area contributed by atoms with E-state index in [1.54, 1.807) is 15.6 Å². The third kappa shape index (κ3) is 4.20. The predicted molar refractivity (Wildman–Crippen MR) is 119 cm³/mol. The molecule has 0 saturated carbocycles. The van der Waals surface area contributed by atoms with E-state index >= 15 is 0 Å². The summed E-state index contributed by atoms with van der Waals surface area (Å²) in [7, 11) is -3.49. The Balaban J connectivity index is 1.23. The van der Waals surface area contributed by atoms with Crippen molar-refractivity contribution >= 4 is 21.4 Å². The number of piperazine rings is 1. The monoisotopic (exact) mass is 464 g/mol. The van der Waals surface area contributed by atoms with Gasteiger partial charge in [-0.3, -0.25) is 10.3 Å². The number of sulfonamides is 1. The predicted octanol–water partition coefficient (Wildman–Crippen LogP) is 2.22. The minimum absolute atomic E-state index is 0.168. The van der Waals surface area contributed by atoms with Gasteiger partial charge in [0, 0.05) is 48.5 Å². The van der Waals surface area contributed by atoms with Gasteiger partial charge >= 0.3 is 0 Å². The van der Waals surface area contributed by atoms with Crippen LogP contribution in [0.15, 0.2) is 29.2 Å². The van der Waals surface area contributed by atoms with E-state index in [0.29, 0.717) is 37.1 Å². The lowest BCUT2D eigenvalue weighted by atomic mass is 10.1. The summed E-state index contributed by atoms with van der Waals surface area (Å²) in [6, 6.07) is 8.40. The van der Waals surface area contributed by atoms with Crippen molar-refractivity contribution in [2.75, 3.05) is 33.0 Å². The molecule has 10 heteroatoms. The Morgan fingerprint density at radius 1 is 1.10 bits per heavy atom. The van der Waals surface area contributed by atoms with Crippen LogP contribution >= 0.6 is 11.3 Å². The maximum absolute atomic E-state index is 13.3. The molecule has 2 fully saturated rings. The number of hydrogen-bond donors (Lipinski definition) is 2. The van der Waals surface area contributed by atoms with Gasteiger partial charge in [-0.2, -0.15) is 4.31 Å². The Bertz CT molecular complexity index is 1060. The number of thiophene rings is 1. The first-order chi connectivity index (χ1) is 14.9.